The van der Waals surface area contributed by atoms with Gasteiger partial charge in [-0.05, 0) is 26.2 Å². The second-order valence-corrected chi connectivity index (χ2v) is 4.99. The van der Waals surface area contributed by atoms with Crippen molar-refractivity contribution in [1.29, 1.82) is 0 Å². The Kier molecular flexibility index (Phi) is 5.09. The molecule has 1 amide bonds. The average Bonchev–Trinajstić information content (AvgIpc) is 2.45. The van der Waals surface area contributed by atoms with Crippen molar-refractivity contribution in [2.24, 2.45) is 0 Å². The molecule has 1 aromatic rings. The van der Waals surface area contributed by atoms with Crippen LogP contribution in [0.2, 0.25) is 0 Å². The summed E-state index contributed by atoms with van der Waals surface area (Å²) in [5.41, 5.74) is 0. The molecule has 2 heterocycles. The topological polar surface area (TPSA) is 55.3 Å². The van der Waals surface area contributed by atoms with E-state index in [9.17, 15) is 4.79 Å². The average molecular weight is 275 g/mol. The molecule has 1 unspecified atom stereocenters. The van der Waals surface area contributed by atoms with Gasteiger partial charge in [0, 0.05) is 25.2 Å². The fraction of sp³-hybridized carbons (Fsp3) is 0.533. The van der Waals surface area contributed by atoms with Crippen LogP contribution in [0.3, 0.4) is 0 Å². The lowest BCUT2D eigenvalue weighted by molar-refractivity contribution is -0.133. The number of aromatic nitrogens is 2. The molecule has 0 N–H and O–H groups in total. The van der Waals surface area contributed by atoms with Crippen molar-refractivity contribution in [1.82, 2.24) is 14.9 Å². The van der Waals surface area contributed by atoms with Crippen LogP contribution in [0.1, 0.15) is 31.5 Å². The molecule has 108 valence electrons. The third-order valence-corrected chi connectivity index (χ3v) is 3.33. The predicted molar refractivity (Wildman–Crippen MR) is 76.4 cm³/mol. The van der Waals surface area contributed by atoms with Gasteiger partial charge < -0.3 is 9.64 Å². The highest BCUT2D eigenvalue weighted by atomic mass is 16.5. The molecule has 0 bridgehead atoms. The van der Waals surface area contributed by atoms with Crippen LogP contribution in [0.5, 0.6) is 5.88 Å². The van der Waals surface area contributed by atoms with Gasteiger partial charge in [-0.3, -0.25) is 4.79 Å². The molecule has 20 heavy (non-hydrogen) atoms. The summed E-state index contributed by atoms with van der Waals surface area (Å²) in [5.74, 6) is 1.46. The van der Waals surface area contributed by atoms with E-state index in [2.05, 4.69) is 16.5 Å². The van der Waals surface area contributed by atoms with Crippen LogP contribution in [0, 0.1) is 6.92 Å². The van der Waals surface area contributed by atoms with E-state index in [1.54, 1.807) is 18.3 Å². The van der Waals surface area contributed by atoms with Gasteiger partial charge in [0.2, 0.25) is 11.8 Å². The summed E-state index contributed by atoms with van der Waals surface area (Å²) in [4.78, 5) is 22.2. The SMILES string of the molecule is C=CCCC(=O)N1CCCC(Oc2ccnc(C)n2)C1. The van der Waals surface area contributed by atoms with Crippen molar-refractivity contribution >= 4 is 5.91 Å². The molecular weight excluding hydrogens is 254 g/mol. The van der Waals surface area contributed by atoms with Gasteiger partial charge in [-0.1, -0.05) is 6.08 Å². The van der Waals surface area contributed by atoms with Crippen molar-refractivity contribution in [3.05, 3.63) is 30.7 Å². The molecule has 0 saturated carbocycles. The largest absolute Gasteiger partial charge is 0.472 e. The maximum atomic E-state index is 12.0. The minimum absolute atomic E-state index is 0.0192. The second-order valence-electron chi connectivity index (χ2n) is 4.99. The quantitative estimate of drug-likeness (QED) is 0.772. The van der Waals surface area contributed by atoms with Crippen LogP contribution >= 0.6 is 0 Å². The number of rotatable bonds is 5. The van der Waals surface area contributed by atoms with Gasteiger partial charge in [0.25, 0.3) is 0 Å². The lowest BCUT2D eigenvalue weighted by Gasteiger charge is -2.32. The first-order chi connectivity index (χ1) is 9.69. The summed E-state index contributed by atoms with van der Waals surface area (Å²) in [6.45, 7) is 6.94. The Balaban J connectivity index is 1.90. The van der Waals surface area contributed by atoms with Crippen molar-refractivity contribution in [3.8, 4) is 5.88 Å². The van der Waals surface area contributed by atoms with E-state index in [0.29, 0.717) is 24.7 Å². The molecule has 0 aromatic carbocycles. The molecule has 1 aromatic heterocycles. The van der Waals surface area contributed by atoms with Crippen molar-refractivity contribution in [3.63, 3.8) is 0 Å². The molecule has 2 rings (SSSR count). The van der Waals surface area contributed by atoms with Gasteiger partial charge in [0.05, 0.1) is 6.54 Å². The molecule has 0 aliphatic carbocycles. The number of amides is 1. The van der Waals surface area contributed by atoms with Crippen molar-refractivity contribution in [2.45, 2.75) is 38.7 Å². The van der Waals surface area contributed by atoms with Crippen LogP contribution < -0.4 is 4.74 Å². The fourth-order valence-electron chi connectivity index (χ4n) is 2.32. The number of ether oxygens (including phenoxy) is 1. The molecule has 1 atom stereocenters. The van der Waals surface area contributed by atoms with Gasteiger partial charge in [-0.2, -0.15) is 4.98 Å². The fourth-order valence-corrected chi connectivity index (χ4v) is 2.32. The summed E-state index contributed by atoms with van der Waals surface area (Å²) < 4.78 is 5.86. The monoisotopic (exact) mass is 275 g/mol. The highest BCUT2D eigenvalue weighted by molar-refractivity contribution is 5.76. The molecule has 1 aliphatic rings. The maximum Gasteiger partial charge on any atom is 0.223 e. The molecule has 0 radical (unpaired) electrons. The molecular formula is C15H21N3O2. The van der Waals surface area contributed by atoms with Gasteiger partial charge in [-0.15, -0.1) is 6.58 Å². The van der Waals surface area contributed by atoms with E-state index in [1.807, 2.05) is 11.8 Å². The Morgan fingerprint density at radius 1 is 1.65 bits per heavy atom. The third-order valence-electron chi connectivity index (χ3n) is 3.33. The van der Waals surface area contributed by atoms with E-state index < -0.39 is 0 Å². The minimum Gasteiger partial charge on any atom is -0.472 e. The lowest BCUT2D eigenvalue weighted by Crippen LogP contribution is -2.44. The molecule has 5 nitrogen and oxygen atoms in total. The van der Waals surface area contributed by atoms with Crippen LogP contribution in [0.4, 0.5) is 0 Å². The molecule has 1 saturated heterocycles. The smallest absolute Gasteiger partial charge is 0.223 e. The van der Waals surface area contributed by atoms with Gasteiger partial charge >= 0.3 is 0 Å². The Hall–Kier alpha value is -1.91. The summed E-state index contributed by atoms with van der Waals surface area (Å²) in [6.07, 6.45) is 6.66. The highest BCUT2D eigenvalue weighted by Gasteiger charge is 2.24. The van der Waals surface area contributed by atoms with E-state index >= 15 is 0 Å². The van der Waals surface area contributed by atoms with Crippen molar-refractivity contribution < 1.29 is 9.53 Å². The second kappa shape index (κ2) is 7.03. The highest BCUT2D eigenvalue weighted by Crippen LogP contribution is 2.17. The van der Waals surface area contributed by atoms with Gasteiger partial charge in [0.1, 0.15) is 11.9 Å². The Morgan fingerprint density at radius 2 is 2.50 bits per heavy atom. The van der Waals surface area contributed by atoms with Crippen LogP contribution in [0.25, 0.3) is 0 Å². The Labute approximate surface area is 119 Å². The molecule has 1 aliphatic heterocycles. The third kappa shape index (κ3) is 4.05. The van der Waals surface area contributed by atoms with E-state index in [4.69, 9.17) is 4.74 Å². The summed E-state index contributed by atoms with van der Waals surface area (Å²) in [7, 11) is 0. The van der Waals surface area contributed by atoms with Gasteiger partial charge in [-0.25, -0.2) is 4.98 Å². The Bertz CT molecular complexity index is 476. The summed E-state index contributed by atoms with van der Waals surface area (Å²) in [5, 5.41) is 0. The predicted octanol–water partition coefficient (Wildman–Crippen LogP) is 2.12. The molecule has 5 heteroatoms. The first kappa shape index (κ1) is 14.5. The maximum absolute atomic E-state index is 12.0. The van der Waals surface area contributed by atoms with Crippen LogP contribution in [-0.4, -0.2) is 40.0 Å². The number of carbonyl (C=O) groups is 1. The normalized spacial score (nSPS) is 18.6. The summed E-state index contributed by atoms with van der Waals surface area (Å²) >= 11 is 0. The first-order valence-corrected chi connectivity index (χ1v) is 7.04. The van der Waals surface area contributed by atoms with E-state index in [0.717, 1.165) is 25.8 Å². The first-order valence-electron chi connectivity index (χ1n) is 7.04. The number of allylic oxidation sites excluding steroid dienone is 1. The van der Waals surface area contributed by atoms with Gasteiger partial charge in [0.15, 0.2) is 0 Å². The number of hydrogen-bond donors (Lipinski definition) is 0. The van der Waals surface area contributed by atoms with E-state index in [1.165, 1.54) is 0 Å². The van der Waals surface area contributed by atoms with Crippen molar-refractivity contribution in [2.75, 3.05) is 13.1 Å². The zero-order chi connectivity index (χ0) is 14.4. The van der Waals surface area contributed by atoms with Crippen LogP contribution in [-0.2, 0) is 4.79 Å². The summed E-state index contributed by atoms with van der Waals surface area (Å²) in [6, 6.07) is 1.76. The minimum atomic E-state index is 0.0192. The number of aryl methyl sites for hydroxylation is 1. The zero-order valence-electron chi connectivity index (χ0n) is 11.9. The number of likely N-dealkylation sites (tertiary alicyclic amines) is 1. The molecule has 1 fully saturated rings. The number of nitrogens with zero attached hydrogens (tertiary/aromatic N) is 3. The van der Waals surface area contributed by atoms with Crippen LogP contribution in [0.15, 0.2) is 24.9 Å². The van der Waals surface area contributed by atoms with E-state index in [-0.39, 0.29) is 12.0 Å². The lowest BCUT2D eigenvalue weighted by atomic mass is 10.1. The standard InChI is InChI=1S/C15H21N3O2/c1-3-4-7-15(19)18-10-5-6-13(11-18)20-14-8-9-16-12(2)17-14/h3,8-9,13H,1,4-7,10-11H2,2H3. The Morgan fingerprint density at radius 3 is 3.25 bits per heavy atom. The molecule has 0 spiro atoms. The zero-order valence-corrected chi connectivity index (χ0v) is 11.9. The number of carbonyl (C=O) groups excluding carboxylic acids is 1. The number of piperidine rings is 1. The number of hydrogen-bond acceptors (Lipinski definition) is 4.